The minimum Gasteiger partial charge on any atom is -0.487 e. The van der Waals surface area contributed by atoms with Crippen LogP contribution >= 0.6 is 0 Å². The molecule has 0 spiro atoms. The van der Waals surface area contributed by atoms with E-state index in [2.05, 4.69) is 31.6 Å². The molecule has 1 saturated heterocycles. The van der Waals surface area contributed by atoms with Crippen LogP contribution in [0.25, 0.3) is 0 Å². The Morgan fingerprint density at radius 3 is 2.54 bits per heavy atom. The van der Waals surface area contributed by atoms with Crippen molar-refractivity contribution in [3.05, 3.63) is 77.6 Å². The number of aliphatic carboxylic acids is 1. The molecule has 1 aromatic heterocycles. The Balaban J connectivity index is 1.42. The third kappa shape index (κ3) is 10.8. The number of carboxylic acids is 1. The molecule has 3 amide bonds. The van der Waals surface area contributed by atoms with Gasteiger partial charge in [-0.3, -0.25) is 33.7 Å². The Labute approximate surface area is 302 Å². The summed E-state index contributed by atoms with van der Waals surface area (Å²) in [5, 5.41) is 41.4. The summed E-state index contributed by atoms with van der Waals surface area (Å²) in [6.45, 7) is 3.15. The van der Waals surface area contributed by atoms with Crippen LogP contribution in [0.4, 0.5) is 0 Å². The fourth-order valence-corrected chi connectivity index (χ4v) is 6.43. The molecule has 2 aromatic carbocycles. The van der Waals surface area contributed by atoms with Gasteiger partial charge in [0.25, 0.3) is 0 Å². The molecular formula is C36H49N9O7. The van der Waals surface area contributed by atoms with Crippen LogP contribution in [0, 0.1) is 0 Å². The number of nitrogens with one attached hydrogen (secondary N) is 4. The molecule has 3 aliphatic heterocycles. The van der Waals surface area contributed by atoms with Crippen LogP contribution in [0.3, 0.4) is 0 Å². The molecule has 16 heteroatoms. The van der Waals surface area contributed by atoms with E-state index in [4.69, 9.17) is 4.74 Å². The molecule has 4 heterocycles. The first-order chi connectivity index (χ1) is 25.1. The highest BCUT2D eigenvalue weighted by atomic mass is 16.5. The van der Waals surface area contributed by atoms with Crippen LogP contribution in [0.15, 0.2) is 60.8 Å². The van der Waals surface area contributed by atoms with Crippen molar-refractivity contribution >= 4 is 23.7 Å². The molecule has 0 saturated carbocycles. The average molecular weight is 720 g/mol. The lowest BCUT2D eigenvalue weighted by Gasteiger charge is -2.35. The van der Waals surface area contributed by atoms with Gasteiger partial charge in [0.2, 0.25) is 17.7 Å². The predicted octanol–water partition coefficient (Wildman–Crippen LogP) is -0.481. The highest BCUT2D eigenvalue weighted by molar-refractivity contribution is 5.90. The number of carbonyl (C=O) groups is 4. The van der Waals surface area contributed by atoms with Crippen molar-refractivity contribution in [1.82, 2.24) is 46.1 Å². The van der Waals surface area contributed by atoms with Gasteiger partial charge in [0, 0.05) is 32.6 Å². The van der Waals surface area contributed by atoms with Gasteiger partial charge in [-0.05, 0) is 56.5 Å². The average Bonchev–Trinajstić information content (AvgIpc) is 3.82. The van der Waals surface area contributed by atoms with Crippen LogP contribution in [0.2, 0.25) is 0 Å². The Kier molecular flexibility index (Phi) is 13.7. The van der Waals surface area contributed by atoms with Crippen molar-refractivity contribution in [3.63, 3.8) is 0 Å². The molecule has 6 N–H and O–H groups in total. The molecule has 0 radical (unpaired) electrons. The summed E-state index contributed by atoms with van der Waals surface area (Å²) in [6.07, 6.45) is 2.12. The predicted molar refractivity (Wildman–Crippen MR) is 190 cm³/mol. The molecule has 6 rings (SSSR count). The lowest BCUT2D eigenvalue weighted by molar-refractivity contribution is -0.138. The maximum Gasteiger partial charge on any atom is 0.317 e. The molecule has 0 aliphatic carbocycles. The smallest absolute Gasteiger partial charge is 0.317 e. The monoisotopic (exact) mass is 719 g/mol. The number of aliphatic hydroxyl groups is 1. The number of likely N-dealkylation sites (N-methyl/N-ethyl adjacent to an activating group) is 1. The molecule has 3 aliphatic rings. The highest BCUT2D eigenvalue weighted by Crippen LogP contribution is 2.24. The minimum absolute atomic E-state index is 0.142. The Morgan fingerprint density at radius 1 is 1.04 bits per heavy atom. The van der Waals surface area contributed by atoms with E-state index in [0.717, 1.165) is 11.1 Å². The van der Waals surface area contributed by atoms with Gasteiger partial charge in [0.05, 0.1) is 37.4 Å². The first-order valence-corrected chi connectivity index (χ1v) is 17.7. The number of benzene rings is 2. The molecule has 52 heavy (non-hydrogen) atoms. The standard InChI is InChI=1S/C36H49N9O7/c1-24(37-2)33(48)40-30-20-26-10-12-28(13-11-26)52-23-27-21-44(42-41-27)18-17-43(22-32(46)47)16-14-38-34(49)29(19-25-7-4-3-5-8-25)39-35(50)31-9-6-15-45(31)36(30)51/h3-5,7-8,10-13,21,24,29-31,36-37,51H,6,9,14-20,22-23H2,1-2H3,(H,38,49)(H,39,50)(H,40,48)(H,46,47)/t24-,29-,30-,31-,36?/m0/s1. The van der Waals surface area contributed by atoms with Gasteiger partial charge in [-0.15, -0.1) is 5.10 Å². The largest absolute Gasteiger partial charge is 0.487 e. The second-order valence-electron chi connectivity index (χ2n) is 13.3. The zero-order valence-corrected chi connectivity index (χ0v) is 29.6. The second kappa shape index (κ2) is 18.5. The Bertz CT molecular complexity index is 1640. The summed E-state index contributed by atoms with van der Waals surface area (Å²) >= 11 is 0. The van der Waals surface area contributed by atoms with E-state index >= 15 is 0 Å². The number of hydrogen-bond acceptors (Lipinski definition) is 11. The van der Waals surface area contributed by atoms with Gasteiger partial charge in [0.1, 0.15) is 30.3 Å². The van der Waals surface area contributed by atoms with Crippen LogP contribution in [0.1, 0.15) is 36.6 Å². The van der Waals surface area contributed by atoms with Crippen molar-refractivity contribution in [2.24, 2.45) is 0 Å². The van der Waals surface area contributed by atoms with Gasteiger partial charge in [-0.2, -0.15) is 0 Å². The Morgan fingerprint density at radius 2 is 1.81 bits per heavy atom. The SMILES string of the molecule is CN[C@@H](C)C(=O)N[C@H]1Cc2ccc(cc2)OCc2cn(nn2)CCN(CC(=O)O)CCNC(=O)[C@H](Cc2ccccc2)NC(=O)[C@@H]2CCCN2C1O. The summed E-state index contributed by atoms with van der Waals surface area (Å²) in [6, 6.07) is 13.7. The molecule has 5 atom stereocenters. The topological polar surface area (TPSA) is 203 Å². The molecule has 4 bridgehead atoms. The van der Waals surface area contributed by atoms with Crippen molar-refractivity contribution < 1.29 is 34.1 Å². The van der Waals surface area contributed by atoms with Gasteiger partial charge in [0.15, 0.2) is 0 Å². The summed E-state index contributed by atoms with van der Waals surface area (Å²) in [5.41, 5.74) is 2.27. The lowest BCUT2D eigenvalue weighted by Crippen LogP contribution is -2.60. The maximum absolute atomic E-state index is 14.0. The van der Waals surface area contributed by atoms with Crippen molar-refractivity contribution in [1.29, 1.82) is 0 Å². The molecule has 16 nitrogen and oxygen atoms in total. The number of fused-ring (bicyclic) bond motifs is 14. The molecule has 3 aromatic rings. The van der Waals surface area contributed by atoms with E-state index in [1.165, 1.54) is 0 Å². The zero-order chi connectivity index (χ0) is 37.0. The summed E-state index contributed by atoms with van der Waals surface area (Å²) in [7, 11) is 1.68. The fraction of sp³-hybridized carbons (Fsp3) is 0.500. The summed E-state index contributed by atoms with van der Waals surface area (Å²) in [4.78, 5) is 55.7. The number of amides is 3. The van der Waals surface area contributed by atoms with Crippen LogP contribution in [0.5, 0.6) is 5.75 Å². The number of aromatic nitrogens is 3. The lowest BCUT2D eigenvalue weighted by atomic mass is 10.0. The number of ether oxygens (including phenoxy) is 1. The van der Waals surface area contributed by atoms with E-state index in [1.54, 1.807) is 46.8 Å². The Hall–Kier alpha value is -4.90. The maximum atomic E-state index is 14.0. The van der Waals surface area contributed by atoms with Gasteiger partial charge < -0.3 is 36.2 Å². The number of carboxylic acid groups (broad SMARTS) is 1. The summed E-state index contributed by atoms with van der Waals surface area (Å²) in [5.74, 6) is -1.53. The first kappa shape index (κ1) is 38.3. The van der Waals surface area contributed by atoms with Crippen LogP contribution in [-0.2, 0) is 45.2 Å². The van der Waals surface area contributed by atoms with Crippen molar-refractivity contribution in [3.8, 4) is 5.75 Å². The summed E-state index contributed by atoms with van der Waals surface area (Å²) < 4.78 is 7.54. The third-order valence-corrected chi connectivity index (χ3v) is 9.45. The second-order valence-corrected chi connectivity index (χ2v) is 13.3. The molecular weight excluding hydrogens is 670 g/mol. The third-order valence-electron chi connectivity index (χ3n) is 9.45. The van der Waals surface area contributed by atoms with E-state index in [-0.39, 0.29) is 45.0 Å². The van der Waals surface area contributed by atoms with Crippen molar-refractivity contribution in [2.45, 2.75) is 76.2 Å². The van der Waals surface area contributed by atoms with Gasteiger partial charge in [-0.25, -0.2) is 0 Å². The number of carbonyl (C=O) groups excluding carboxylic acids is 3. The normalized spacial score (nSPS) is 23.4. The molecule has 280 valence electrons. The quantitative estimate of drug-likeness (QED) is 0.172. The van der Waals surface area contributed by atoms with Crippen LogP contribution in [-0.4, -0.2) is 129 Å². The fourth-order valence-electron chi connectivity index (χ4n) is 6.43. The highest BCUT2D eigenvalue weighted by Gasteiger charge is 2.40. The van der Waals surface area contributed by atoms with Gasteiger partial charge >= 0.3 is 5.97 Å². The number of aliphatic hydroxyl groups excluding tert-OH is 1. The molecule has 1 unspecified atom stereocenters. The first-order valence-electron chi connectivity index (χ1n) is 17.7. The zero-order valence-electron chi connectivity index (χ0n) is 29.6. The number of hydrogen-bond donors (Lipinski definition) is 6. The van der Waals surface area contributed by atoms with Gasteiger partial charge in [-0.1, -0.05) is 47.7 Å². The van der Waals surface area contributed by atoms with Crippen molar-refractivity contribution in [2.75, 3.05) is 39.8 Å². The molecule has 1 fully saturated rings. The van der Waals surface area contributed by atoms with E-state index in [9.17, 15) is 29.4 Å². The van der Waals surface area contributed by atoms with Crippen LogP contribution < -0.4 is 26.0 Å². The number of rotatable bonds is 7. The minimum atomic E-state index is -1.21. The van der Waals surface area contributed by atoms with E-state index < -0.39 is 48.2 Å². The van der Waals surface area contributed by atoms with E-state index in [0.29, 0.717) is 43.9 Å². The number of nitrogens with zero attached hydrogens (tertiary/aromatic N) is 5. The van der Waals surface area contributed by atoms with E-state index in [1.807, 2.05) is 42.5 Å².